The highest BCUT2D eigenvalue weighted by Gasteiger charge is 2.14. The van der Waals surface area contributed by atoms with Crippen molar-refractivity contribution in [2.45, 2.75) is 20.3 Å². The Balaban J connectivity index is 2.35. The van der Waals surface area contributed by atoms with E-state index in [0.717, 1.165) is 29.1 Å². The molecule has 1 aromatic carbocycles. The van der Waals surface area contributed by atoms with E-state index in [9.17, 15) is 8.78 Å². The van der Waals surface area contributed by atoms with Crippen molar-refractivity contribution in [3.8, 4) is 6.07 Å². The lowest BCUT2D eigenvalue weighted by Crippen LogP contribution is -1.98. The fraction of sp³-hybridized carbons (Fsp3) is 0.231. The summed E-state index contributed by atoms with van der Waals surface area (Å²) in [5.74, 6) is -1.61. The van der Waals surface area contributed by atoms with Crippen molar-refractivity contribution in [2.75, 3.05) is 5.32 Å². The van der Waals surface area contributed by atoms with Crippen LogP contribution in [-0.2, 0) is 6.42 Å². The monoisotopic (exact) mass is 279 g/mol. The maximum absolute atomic E-state index is 13.7. The maximum Gasteiger partial charge on any atom is 0.187 e. The van der Waals surface area contributed by atoms with Gasteiger partial charge in [-0.15, -0.1) is 11.3 Å². The van der Waals surface area contributed by atoms with E-state index in [1.807, 2.05) is 13.8 Å². The Labute approximate surface area is 113 Å². The molecule has 3 nitrogen and oxygen atoms in total. The van der Waals surface area contributed by atoms with Crippen LogP contribution >= 0.6 is 11.3 Å². The second kappa shape index (κ2) is 5.33. The molecule has 2 aromatic rings. The van der Waals surface area contributed by atoms with Gasteiger partial charge in [-0.05, 0) is 25.5 Å². The van der Waals surface area contributed by atoms with E-state index in [4.69, 9.17) is 5.26 Å². The van der Waals surface area contributed by atoms with Gasteiger partial charge in [-0.25, -0.2) is 13.8 Å². The highest BCUT2D eigenvalue weighted by molar-refractivity contribution is 7.15. The first kappa shape index (κ1) is 13.4. The Morgan fingerprint density at radius 3 is 2.47 bits per heavy atom. The average Bonchev–Trinajstić information content (AvgIpc) is 2.73. The molecule has 0 aliphatic carbocycles. The fourth-order valence-electron chi connectivity index (χ4n) is 1.67. The number of nitrogens with one attached hydrogen (secondary N) is 1. The minimum atomic E-state index is -0.803. The highest BCUT2D eigenvalue weighted by Crippen LogP contribution is 2.29. The number of nitrogens with zero attached hydrogens (tertiary/aromatic N) is 2. The lowest BCUT2D eigenvalue weighted by Gasteiger charge is -2.06. The van der Waals surface area contributed by atoms with Crippen molar-refractivity contribution in [3.63, 3.8) is 0 Å². The molecule has 0 saturated heterocycles. The topological polar surface area (TPSA) is 48.7 Å². The quantitative estimate of drug-likeness (QED) is 0.926. The molecule has 0 aliphatic heterocycles. The van der Waals surface area contributed by atoms with Gasteiger partial charge >= 0.3 is 0 Å². The van der Waals surface area contributed by atoms with Crippen LogP contribution in [0.3, 0.4) is 0 Å². The maximum atomic E-state index is 13.7. The minimum Gasteiger partial charge on any atom is -0.327 e. The molecule has 0 spiro atoms. The number of nitriles is 1. The molecular weight excluding hydrogens is 268 g/mol. The number of hydrogen-bond donors (Lipinski definition) is 1. The van der Waals surface area contributed by atoms with Crippen molar-refractivity contribution in [1.82, 2.24) is 4.98 Å². The molecule has 1 N–H and O–H groups in total. The summed E-state index contributed by atoms with van der Waals surface area (Å²) in [6.45, 7) is 3.88. The third-order valence-corrected chi connectivity index (χ3v) is 3.56. The minimum absolute atomic E-state index is 0.0508. The summed E-state index contributed by atoms with van der Waals surface area (Å²) in [6, 6.07) is 3.69. The second-order valence-corrected chi connectivity index (χ2v) is 5.13. The summed E-state index contributed by atoms with van der Waals surface area (Å²) in [6.07, 6.45) is 0.766. The molecule has 0 saturated carbocycles. The number of anilines is 2. The number of rotatable bonds is 3. The average molecular weight is 279 g/mol. The molecule has 98 valence electrons. The van der Waals surface area contributed by atoms with Crippen LogP contribution in [0.2, 0.25) is 0 Å². The standard InChI is InChI=1S/C13H11F2N3S/c1-3-11-7(2)19-13(17-11)18-12-9(14)4-8(6-16)5-10(12)15/h4-5H,3H2,1-2H3,(H,17,18). The molecule has 0 fully saturated rings. The van der Waals surface area contributed by atoms with E-state index < -0.39 is 11.6 Å². The predicted octanol–water partition coefficient (Wildman–Crippen LogP) is 3.91. The molecular formula is C13H11F2N3S. The first-order chi connectivity index (χ1) is 9.05. The lowest BCUT2D eigenvalue weighted by atomic mass is 10.2. The fourth-order valence-corrected chi connectivity index (χ4v) is 2.58. The SMILES string of the molecule is CCc1nc(Nc2c(F)cc(C#N)cc2F)sc1C. The summed E-state index contributed by atoms with van der Waals surface area (Å²) in [7, 11) is 0. The van der Waals surface area contributed by atoms with Gasteiger partial charge in [0.15, 0.2) is 16.8 Å². The number of benzene rings is 1. The largest absolute Gasteiger partial charge is 0.327 e. The van der Waals surface area contributed by atoms with Gasteiger partial charge in [-0.1, -0.05) is 6.92 Å². The van der Waals surface area contributed by atoms with Gasteiger partial charge in [-0.2, -0.15) is 5.26 Å². The number of hydrogen-bond acceptors (Lipinski definition) is 4. The molecule has 0 aliphatic rings. The van der Waals surface area contributed by atoms with E-state index >= 15 is 0 Å². The van der Waals surface area contributed by atoms with Crippen LogP contribution in [0.4, 0.5) is 19.6 Å². The van der Waals surface area contributed by atoms with E-state index in [0.29, 0.717) is 5.13 Å². The van der Waals surface area contributed by atoms with Crippen LogP contribution in [-0.4, -0.2) is 4.98 Å². The second-order valence-electron chi connectivity index (χ2n) is 3.93. The van der Waals surface area contributed by atoms with Gasteiger partial charge in [0.1, 0.15) is 5.69 Å². The lowest BCUT2D eigenvalue weighted by molar-refractivity contribution is 0.590. The molecule has 1 heterocycles. The number of thiazole rings is 1. The van der Waals surface area contributed by atoms with Crippen LogP contribution in [0.25, 0.3) is 0 Å². The molecule has 0 bridgehead atoms. The first-order valence-electron chi connectivity index (χ1n) is 5.67. The summed E-state index contributed by atoms with van der Waals surface area (Å²) in [4.78, 5) is 5.27. The van der Waals surface area contributed by atoms with Crippen LogP contribution in [0, 0.1) is 29.9 Å². The van der Waals surface area contributed by atoms with E-state index in [2.05, 4.69) is 10.3 Å². The summed E-state index contributed by atoms with van der Waals surface area (Å²) in [5, 5.41) is 11.7. The zero-order valence-corrected chi connectivity index (χ0v) is 11.2. The van der Waals surface area contributed by atoms with Gasteiger partial charge in [0, 0.05) is 4.88 Å². The molecule has 1 aromatic heterocycles. The van der Waals surface area contributed by atoms with Gasteiger partial charge < -0.3 is 5.32 Å². The Bertz CT molecular complexity index is 635. The highest BCUT2D eigenvalue weighted by atomic mass is 32.1. The van der Waals surface area contributed by atoms with Gasteiger partial charge in [0.05, 0.1) is 17.3 Å². The van der Waals surface area contributed by atoms with Crippen LogP contribution in [0.1, 0.15) is 23.1 Å². The Morgan fingerprint density at radius 1 is 1.37 bits per heavy atom. The van der Waals surface area contributed by atoms with E-state index in [-0.39, 0.29) is 11.3 Å². The van der Waals surface area contributed by atoms with E-state index in [1.165, 1.54) is 11.3 Å². The Hall–Kier alpha value is -2.00. The van der Waals surface area contributed by atoms with E-state index in [1.54, 1.807) is 6.07 Å². The summed E-state index contributed by atoms with van der Waals surface area (Å²) < 4.78 is 27.4. The molecule has 6 heteroatoms. The normalized spacial score (nSPS) is 10.3. The molecule has 19 heavy (non-hydrogen) atoms. The third kappa shape index (κ3) is 2.71. The predicted molar refractivity (Wildman–Crippen MR) is 70.6 cm³/mol. The van der Waals surface area contributed by atoms with Crippen LogP contribution < -0.4 is 5.32 Å². The first-order valence-corrected chi connectivity index (χ1v) is 6.49. The summed E-state index contributed by atoms with van der Waals surface area (Å²) >= 11 is 1.34. The van der Waals surface area contributed by atoms with Crippen LogP contribution in [0.5, 0.6) is 0 Å². The smallest absolute Gasteiger partial charge is 0.187 e. The van der Waals surface area contributed by atoms with Gasteiger partial charge in [-0.3, -0.25) is 0 Å². The molecule has 0 amide bonds. The third-order valence-electron chi connectivity index (χ3n) is 2.63. The number of aryl methyl sites for hydroxylation is 2. The van der Waals surface area contributed by atoms with Gasteiger partial charge in [0.2, 0.25) is 0 Å². The van der Waals surface area contributed by atoms with Crippen molar-refractivity contribution in [1.29, 1.82) is 5.26 Å². The molecule has 2 rings (SSSR count). The van der Waals surface area contributed by atoms with Gasteiger partial charge in [0.25, 0.3) is 0 Å². The zero-order valence-electron chi connectivity index (χ0n) is 10.4. The zero-order chi connectivity index (χ0) is 14.0. The molecule has 0 atom stereocenters. The van der Waals surface area contributed by atoms with Crippen molar-refractivity contribution >= 4 is 22.2 Å². The molecule has 0 radical (unpaired) electrons. The molecule has 0 unspecified atom stereocenters. The van der Waals surface area contributed by atoms with Crippen molar-refractivity contribution < 1.29 is 8.78 Å². The van der Waals surface area contributed by atoms with Crippen molar-refractivity contribution in [3.05, 3.63) is 39.9 Å². The van der Waals surface area contributed by atoms with Crippen molar-refractivity contribution in [2.24, 2.45) is 0 Å². The van der Waals surface area contributed by atoms with Crippen LogP contribution in [0.15, 0.2) is 12.1 Å². The Kier molecular flexibility index (Phi) is 3.76. The summed E-state index contributed by atoms with van der Waals surface area (Å²) in [5.41, 5.74) is 0.572. The Morgan fingerprint density at radius 2 is 2.00 bits per heavy atom. The number of halogens is 2. The number of aromatic nitrogens is 1.